The maximum absolute atomic E-state index is 14.0. The molecular weight excluding hydrogens is 349 g/mol. The first kappa shape index (κ1) is 15.9. The highest BCUT2D eigenvalue weighted by molar-refractivity contribution is 5.88. The zero-order valence-corrected chi connectivity index (χ0v) is 14.3. The first-order chi connectivity index (χ1) is 13.2. The highest BCUT2D eigenvalue weighted by Gasteiger charge is 2.44. The summed E-state index contributed by atoms with van der Waals surface area (Å²) in [6.45, 7) is 0. The maximum atomic E-state index is 14.0. The van der Waals surface area contributed by atoms with E-state index in [1.807, 2.05) is 30.3 Å². The number of urea groups is 1. The van der Waals surface area contributed by atoms with Crippen LogP contribution in [0.1, 0.15) is 30.0 Å². The zero-order valence-electron chi connectivity index (χ0n) is 14.3. The summed E-state index contributed by atoms with van der Waals surface area (Å²) in [5.41, 5.74) is 2.24. The number of anilines is 1. The molecule has 7 nitrogen and oxygen atoms in total. The molecule has 1 saturated heterocycles. The molecule has 1 fully saturated rings. The van der Waals surface area contributed by atoms with Gasteiger partial charge in [-0.2, -0.15) is 9.37 Å². The van der Waals surface area contributed by atoms with Gasteiger partial charge in [-0.15, -0.1) is 0 Å². The second kappa shape index (κ2) is 6.15. The number of amides is 2. The van der Waals surface area contributed by atoms with Crippen molar-refractivity contribution >= 4 is 12.0 Å². The lowest BCUT2D eigenvalue weighted by Gasteiger charge is -2.35. The number of pyridine rings is 1. The van der Waals surface area contributed by atoms with E-state index in [-0.39, 0.29) is 24.1 Å². The number of hydrogen-bond acceptors (Lipinski definition) is 5. The molecule has 136 valence electrons. The molecule has 2 aliphatic heterocycles. The van der Waals surface area contributed by atoms with Crippen molar-refractivity contribution in [2.45, 2.75) is 31.3 Å². The Kier molecular flexibility index (Phi) is 3.63. The van der Waals surface area contributed by atoms with E-state index in [0.29, 0.717) is 17.9 Å². The minimum Gasteiger partial charge on any atom is -0.332 e. The van der Waals surface area contributed by atoms with Crippen LogP contribution in [0.3, 0.4) is 0 Å². The molecule has 0 unspecified atom stereocenters. The Morgan fingerprint density at radius 1 is 1.22 bits per heavy atom. The largest absolute Gasteiger partial charge is 0.332 e. The Hall–Kier alpha value is -3.29. The van der Waals surface area contributed by atoms with Crippen LogP contribution in [-0.2, 0) is 6.42 Å². The summed E-state index contributed by atoms with van der Waals surface area (Å²) in [5, 5.41) is 6.55. The highest BCUT2D eigenvalue weighted by atomic mass is 19.1. The van der Waals surface area contributed by atoms with Crippen molar-refractivity contribution < 1.29 is 13.7 Å². The van der Waals surface area contributed by atoms with E-state index in [1.165, 1.54) is 6.20 Å². The lowest BCUT2D eigenvalue weighted by atomic mass is 9.95. The van der Waals surface area contributed by atoms with Crippen LogP contribution in [0.4, 0.5) is 15.1 Å². The molecule has 2 atom stereocenters. The van der Waals surface area contributed by atoms with Crippen LogP contribution in [-0.4, -0.2) is 32.1 Å². The van der Waals surface area contributed by atoms with Gasteiger partial charge in [0.2, 0.25) is 5.95 Å². The van der Waals surface area contributed by atoms with Gasteiger partial charge in [-0.05, 0) is 48.2 Å². The lowest BCUT2D eigenvalue weighted by Crippen LogP contribution is -2.44. The summed E-state index contributed by atoms with van der Waals surface area (Å²) in [4.78, 5) is 22.6. The Balaban J connectivity index is 1.37. The number of hydrogen-bond donors (Lipinski definition) is 1. The van der Waals surface area contributed by atoms with Crippen molar-refractivity contribution in [3.05, 3.63) is 59.7 Å². The summed E-state index contributed by atoms with van der Waals surface area (Å²) >= 11 is 0. The monoisotopic (exact) mass is 365 g/mol. The van der Waals surface area contributed by atoms with Crippen molar-refractivity contribution in [3.8, 4) is 11.5 Å². The average molecular weight is 365 g/mol. The number of nitrogens with zero attached hydrogens (tertiary/aromatic N) is 4. The molecule has 0 saturated carbocycles. The summed E-state index contributed by atoms with van der Waals surface area (Å²) in [6.07, 6.45) is 3.55. The van der Waals surface area contributed by atoms with Crippen molar-refractivity contribution in [1.82, 2.24) is 20.0 Å². The van der Waals surface area contributed by atoms with Gasteiger partial charge >= 0.3 is 6.03 Å². The number of fused-ring (bicyclic) bond motifs is 4. The number of halogens is 1. The number of carbonyl (C=O) groups excluding carboxylic acids is 1. The van der Waals surface area contributed by atoms with Gasteiger partial charge in [0.1, 0.15) is 0 Å². The lowest BCUT2D eigenvalue weighted by molar-refractivity contribution is 0.178. The van der Waals surface area contributed by atoms with E-state index in [2.05, 4.69) is 20.4 Å². The molecule has 1 aromatic carbocycles. The van der Waals surface area contributed by atoms with Crippen molar-refractivity contribution in [3.63, 3.8) is 0 Å². The highest BCUT2D eigenvalue weighted by Crippen LogP contribution is 2.44. The van der Waals surface area contributed by atoms with E-state index in [4.69, 9.17) is 4.52 Å². The third kappa shape index (κ3) is 2.64. The Labute approximate surface area is 154 Å². The fourth-order valence-corrected chi connectivity index (χ4v) is 4.06. The predicted octanol–water partition coefficient (Wildman–Crippen LogP) is 3.56. The molecule has 3 aromatic rings. The van der Waals surface area contributed by atoms with Crippen LogP contribution in [0.5, 0.6) is 0 Å². The summed E-state index contributed by atoms with van der Waals surface area (Å²) in [7, 11) is 0. The van der Waals surface area contributed by atoms with Crippen molar-refractivity contribution in [1.29, 1.82) is 0 Å². The van der Waals surface area contributed by atoms with Crippen LogP contribution >= 0.6 is 0 Å². The molecule has 27 heavy (non-hydrogen) atoms. The second-order valence-electron chi connectivity index (χ2n) is 6.75. The minimum atomic E-state index is -0.435. The van der Waals surface area contributed by atoms with E-state index < -0.39 is 5.95 Å². The Morgan fingerprint density at radius 2 is 2.07 bits per heavy atom. The summed E-state index contributed by atoms with van der Waals surface area (Å²) in [5.74, 6) is 0.0195. The SMILES string of the molecule is O=C(Nc1noc(-c2ccccc2)n1)N1[C@@H]2CC[C@H]1c1ccnc(F)c1C2. The minimum absolute atomic E-state index is 0.0540. The molecule has 2 aliphatic rings. The Morgan fingerprint density at radius 3 is 2.93 bits per heavy atom. The standard InChI is InChI=1S/C19H16FN5O2/c20-16-14-10-12-6-7-15(13(14)8-9-21-16)25(12)19(26)23-18-22-17(27-24-18)11-4-2-1-3-5-11/h1-5,8-9,12,15H,6-7,10H2,(H,23,24,26)/t12-,15+/m1/s1. The smallest absolute Gasteiger partial charge is 0.325 e. The number of benzene rings is 1. The van der Waals surface area contributed by atoms with Gasteiger partial charge in [0.25, 0.3) is 11.8 Å². The molecule has 8 heteroatoms. The van der Waals surface area contributed by atoms with Crippen LogP contribution < -0.4 is 5.32 Å². The molecule has 2 bridgehead atoms. The normalized spacial score (nSPS) is 20.4. The van der Waals surface area contributed by atoms with E-state index in [1.54, 1.807) is 11.0 Å². The van der Waals surface area contributed by atoms with E-state index in [0.717, 1.165) is 24.0 Å². The molecule has 0 spiro atoms. The molecule has 0 radical (unpaired) electrons. The maximum Gasteiger partial charge on any atom is 0.325 e. The fourth-order valence-electron chi connectivity index (χ4n) is 4.06. The quantitative estimate of drug-likeness (QED) is 0.702. The summed E-state index contributed by atoms with van der Waals surface area (Å²) in [6, 6.07) is 10.6. The van der Waals surface area contributed by atoms with Gasteiger partial charge in [0.05, 0.1) is 6.04 Å². The number of carbonyl (C=O) groups is 1. The van der Waals surface area contributed by atoms with Gasteiger partial charge in [0.15, 0.2) is 0 Å². The van der Waals surface area contributed by atoms with Gasteiger partial charge in [0, 0.05) is 23.4 Å². The molecular formula is C19H16FN5O2. The van der Waals surface area contributed by atoms with Crippen LogP contribution in [0.2, 0.25) is 0 Å². The summed E-state index contributed by atoms with van der Waals surface area (Å²) < 4.78 is 19.3. The fraction of sp³-hybridized carbons (Fsp3) is 0.263. The van der Waals surface area contributed by atoms with Gasteiger partial charge in [-0.3, -0.25) is 5.32 Å². The zero-order chi connectivity index (χ0) is 18.4. The average Bonchev–Trinajstić information content (AvgIpc) is 3.27. The second-order valence-corrected chi connectivity index (χ2v) is 6.75. The Bertz CT molecular complexity index is 1010. The van der Waals surface area contributed by atoms with E-state index in [9.17, 15) is 9.18 Å². The molecule has 5 rings (SSSR count). The molecule has 2 amide bonds. The van der Waals surface area contributed by atoms with Crippen LogP contribution in [0.25, 0.3) is 11.5 Å². The number of rotatable bonds is 2. The number of nitrogens with one attached hydrogen (secondary N) is 1. The van der Waals surface area contributed by atoms with Crippen molar-refractivity contribution in [2.24, 2.45) is 0 Å². The third-order valence-corrected chi connectivity index (χ3v) is 5.24. The number of aromatic nitrogens is 3. The first-order valence-electron chi connectivity index (χ1n) is 8.82. The third-order valence-electron chi connectivity index (χ3n) is 5.24. The first-order valence-corrected chi connectivity index (χ1v) is 8.82. The van der Waals surface area contributed by atoms with E-state index >= 15 is 0 Å². The molecule has 1 N–H and O–H groups in total. The topological polar surface area (TPSA) is 84.2 Å². The molecule has 4 heterocycles. The predicted molar refractivity (Wildman–Crippen MR) is 94.3 cm³/mol. The van der Waals surface area contributed by atoms with Crippen LogP contribution in [0.15, 0.2) is 47.1 Å². The molecule has 0 aliphatic carbocycles. The molecule has 2 aromatic heterocycles. The van der Waals surface area contributed by atoms with Crippen molar-refractivity contribution in [2.75, 3.05) is 5.32 Å². The van der Waals surface area contributed by atoms with Crippen LogP contribution in [0, 0.1) is 5.95 Å². The van der Waals surface area contributed by atoms with Gasteiger partial charge in [-0.25, -0.2) is 9.78 Å². The van der Waals surface area contributed by atoms with Gasteiger partial charge < -0.3 is 9.42 Å². The van der Waals surface area contributed by atoms with Gasteiger partial charge in [-0.1, -0.05) is 18.2 Å².